The number of carbonyl (C=O) groups is 1. The molecule has 1 aromatic rings. The molecule has 1 aromatic carbocycles. The Balaban J connectivity index is 0.00000161. The Morgan fingerprint density at radius 2 is 2.29 bits per heavy atom. The Labute approximate surface area is 132 Å². The van der Waals surface area contributed by atoms with E-state index in [2.05, 4.69) is 36.5 Å². The lowest BCUT2D eigenvalue weighted by atomic mass is 9.93. The van der Waals surface area contributed by atoms with Gasteiger partial charge in [-0.2, -0.15) is 0 Å². The van der Waals surface area contributed by atoms with Crippen molar-refractivity contribution in [3.8, 4) is 0 Å². The van der Waals surface area contributed by atoms with E-state index in [-0.39, 0.29) is 30.3 Å². The number of hydrogen-bond donors (Lipinski definition) is 1. The molecule has 2 fully saturated rings. The van der Waals surface area contributed by atoms with Crippen molar-refractivity contribution in [1.82, 2.24) is 10.2 Å². The monoisotopic (exact) mass is 310 g/mol. The maximum Gasteiger partial charge on any atom is 0.228 e. The second-order valence-corrected chi connectivity index (χ2v) is 5.76. The molecule has 2 aliphatic rings. The zero-order chi connectivity index (χ0) is 13.9. The summed E-state index contributed by atoms with van der Waals surface area (Å²) in [6.45, 7) is 5.82. The average Bonchev–Trinajstić information content (AvgIpc) is 2.60. The Kier molecular flexibility index (Phi) is 5.62. The molecule has 2 atom stereocenters. The Bertz CT molecular complexity index is 495. The van der Waals surface area contributed by atoms with Gasteiger partial charge in [0.25, 0.3) is 0 Å². The third-order valence-electron chi connectivity index (χ3n) is 4.20. The first kappa shape index (κ1) is 16.3. The standard InChI is InChI=1S/C16H22N2O2.ClH/c1-12-3-2-4-13(9-12)11-18-7-8-20-15-10-17-6-5-14(15)16(18)19;/h2-4,9,14-15,17H,5-8,10-11H2,1H3;1H/t14-,15+;/m1./s1. The van der Waals surface area contributed by atoms with Crippen LogP contribution in [-0.4, -0.2) is 43.2 Å². The van der Waals surface area contributed by atoms with Gasteiger partial charge in [-0.15, -0.1) is 12.4 Å². The van der Waals surface area contributed by atoms with E-state index in [9.17, 15) is 4.79 Å². The van der Waals surface area contributed by atoms with Gasteiger partial charge >= 0.3 is 0 Å². The Morgan fingerprint density at radius 3 is 3.10 bits per heavy atom. The molecule has 21 heavy (non-hydrogen) atoms. The van der Waals surface area contributed by atoms with Gasteiger partial charge in [-0.25, -0.2) is 0 Å². The summed E-state index contributed by atoms with van der Waals surface area (Å²) in [6.07, 6.45) is 0.937. The van der Waals surface area contributed by atoms with Crippen molar-refractivity contribution in [1.29, 1.82) is 0 Å². The molecule has 0 saturated carbocycles. The smallest absolute Gasteiger partial charge is 0.228 e. The minimum Gasteiger partial charge on any atom is -0.374 e. The van der Waals surface area contributed by atoms with Crippen molar-refractivity contribution in [3.63, 3.8) is 0 Å². The second-order valence-electron chi connectivity index (χ2n) is 5.76. The molecule has 116 valence electrons. The number of amides is 1. The molecule has 1 amide bonds. The number of rotatable bonds is 2. The second kappa shape index (κ2) is 7.25. The van der Waals surface area contributed by atoms with Gasteiger partial charge in [0.05, 0.1) is 18.6 Å². The highest BCUT2D eigenvalue weighted by Crippen LogP contribution is 2.23. The molecule has 4 nitrogen and oxygen atoms in total. The number of fused-ring (bicyclic) bond motifs is 1. The van der Waals surface area contributed by atoms with Crippen LogP contribution in [0.1, 0.15) is 17.5 Å². The van der Waals surface area contributed by atoms with Gasteiger partial charge in [0.1, 0.15) is 0 Å². The largest absolute Gasteiger partial charge is 0.374 e. The zero-order valence-electron chi connectivity index (χ0n) is 12.4. The van der Waals surface area contributed by atoms with Crippen LogP contribution in [0.4, 0.5) is 0 Å². The van der Waals surface area contributed by atoms with E-state index in [1.165, 1.54) is 11.1 Å². The van der Waals surface area contributed by atoms with Crippen LogP contribution >= 0.6 is 12.4 Å². The highest BCUT2D eigenvalue weighted by Gasteiger charge is 2.36. The van der Waals surface area contributed by atoms with Crippen LogP contribution in [0.3, 0.4) is 0 Å². The van der Waals surface area contributed by atoms with Crippen LogP contribution < -0.4 is 5.32 Å². The number of hydrogen-bond acceptors (Lipinski definition) is 3. The number of benzene rings is 1. The van der Waals surface area contributed by atoms with Crippen LogP contribution in [0, 0.1) is 12.8 Å². The molecule has 2 aliphatic heterocycles. The topological polar surface area (TPSA) is 41.6 Å². The summed E-state index contributed by atoms with van der Waals surface area (Å²) in [5, 5.41) is 3.31. The zero-order valence-corrected chi connectivity index (χ0v) is 13.2. The minimum atomic E-state index is 0. The highest BCUT2D eigenvalue weighted by atomic mass is 35.5. The van der Waals surface area contributed by atoms with Crippen molar-refractivity contribution in [2.45, 2.75) is 26.0 Å². The van der Waals surface area contributed by atoms with Gasteiger partial charge in [-0.1, -0.05) is 29.8 Å². The SMILES string of the molecule is Cc1cccc(CN2CCO[C@H]3CNCC[C@H]3C2=O)c1.Cl. The quantitative estimate of drug-likeness (QED) is 0.905. The van der Waals surface area contributed by atoms with E-state index < -0.39 is 0 Å². The van der Waals surface area contributed by atoms with Gasteiger partial charge in [0, 0.05) is 19.6 Å². The van der Waals surface area contributed by atoms with Crippen LogP contribution in [0.25, 0.3) is 0 Å². The number of carbonyl (C=O) groups excluding carboxylic acids is 1. The molecule has 0 aliphatic carbocycles. The maximum atomic E-state index is 12.7. The highest BCUT2D eigenvalue weighted by molar-refractivity contribution is 5.85. The molecule has 2 saturated heterocycles. The van der Waals surface area contributed by atoms with Gasteiger partial charge in [-0.3, -0.25) is 4.79 Å². The van der Waals surface area contributed by atoms with Crippen molar-refractivity contribution < 1.29 is 9.53 Å². The molecule has 5 heteroatoms. The Morgan fingerprint density at radius 1 is 1.43 bits per heavy atom. The van der Waals surface area contributed by atoms with E-state index in [1.54, 1.807) is 0 Å². The van der Waals surface area contributed by atoms with E-state index in [0.29, 0.717) is 19.7 Å². The predicted molar refractivity (Wildman–Crippen MR) is 84.6 cm³/mol. The number of nitrogens with one attached hydrogen (secondary N) is 1. The van der Waals surface area contributed by atoms with E-state index in [4.69, 9.17) is 4.74 Å². The third kappa shape index (κ3) is 3.76. The van der Waals surface area contributed by atoms with Crippen LogP contribution in [0.2, 0.25) is 0 Å². The van der Waals surface area contributed by atoms with E-state index in [1.807, 2.05) is 4.90 Å². The molecule has 0 radical (unpaired) electrons. The number of halogens is 1. The number of aryl methyl sites for hydroxylation is 1. The molecule has 2 heterocycles. The summed E-state index contributed by atoms with van der Waals surface area (Å²) >= 11 is 0. The van der Waals surface area contributed by atoms with Crippen molar-refractivity contribution in [3.05, 3.63) is 35.4 Å². The predicted octanol–water partition coefficient (Wildman–Crippen LogP) is 1.75. The van der Waals surface area contributed by atoms with Crippen molar-refractivity contribution >= 4 is 18.3 Å². The average molecular weight is 311 g/mol. The first-order chi connectivity index (χ1) is 9.74. The molecule has 0 bridgehead atoms. The minimum absolute atomic E-state index is 0. The lowest BCUT2D eigenvalue weighted by molar-refractivity contribution is -0.138. The summed E-state index contributed by atoms with van der Waals surface area (Å²) in [5.41, 5.74) is 2.44. The lowest BCUT2D eigenvalue weighted by Gasteiger charge is -2.30. The summed E-state index contributed by atoms with van der Waals surface area (Å²) in [7, 11) is 0. The molecule has 0 unspecified atom stereocenters. The van der Waals surface area contributed by atoms with Gasteiger partial charge < -0.3 is 15.0 Å². The van der Waals surface area contributed by atoms with Gasteiger partial charge in [0.2, 0.25) is 5.91 Å². The van der Waals surface area contributed by atoms with Crippen LogP contribution in [0.15, 0.2) is 24.3 Å². The van der Waals surface area contributed by atoms with Crippen molar-refractivity contribution in [2.75, 3.05) is 26.2 Å². The van der Waals surface area contributed by atoms with Gasteiger partial charge in [0.15, 0.2) is 0 Å². The Hall–Kier alpha value is -1.10. The molecular formula is C16H23ClN2O2. The maximum absolute atomic E-state index is 12.7. The molecule has 0 spiro atoms. The van der Waals surface area contributed by atoms with Crippen LogP contribution in [-0.2, 0) is 16.1 Å². The van der Waals surface area contributed by atoms with Crippen LogP contribution in [0.5, 0.6) is 0 Å². The summed E-state index contributed by atoms with van der Waals surface area (Å²) in [5.74, 6) is 0.291. The molecule has 1 N–H and O–H groups in total. The molecule has 3 rings (SSSR count). The van der Waals surface area contributed by atoms with E-state index >= 15 is 0 Å². The number of piperidine rings is 1. The fraction of sp³-hybridized carbons (Fsp3) is 0.562. The fourth-order valence-electron chi connectivity index (χ4n) is 3.13. The first-order valence-corrected chi connectivity index (χ1v) is 7.41. The first-order valence-electron chi connectivity index (χ1n) is 7.41. The van der Waals surface area contributed by atoms with Crippen molar-refractivity contribution in [2.24, 2.45) is 5.92 Å². The third-order valence-corrected chi connectivity index (χ3v) is 4.20. The summed E-state index contributed by atoms with van der Waals surface area (Å²) < 4.78 is 5.84. The normalized spacial score (nSPS) is 25.8. The summed E-state index contributed by atoms with van der Waals surface area (Å²) in [6, 6.07) is 8.38. The number of nitrogens with zero attached hydrogens (tertiary/aromatic N) is 1. The fourth-order valence-corrected chi connectivity index (χ4v) is 3.13. The number of ether oxygens (including phenoxy) is 1. The molecular weight excluding hydrogens is 288 g/mol. The summed E-state index contributed by atoms with van der Waals surface area (Å²) in [4.78, 5) is 14.7. The van der Waals surface area contributed by atoms with E-state index in [0.717, 1.165) is 19.5 Å². The molecule has 0 aromatic heterocycles. The van der Waals surface area contributed by atoms with Gasteiger partial charge in [-0.05, 0) is 25.5 Å². The lowest BCUT2D eigenvalue weighted by Crippen LogP contribution is -2.47.